The van der Waals surface area contributed by atoms with E-state index in [0.717, 1.165) is 11.5 Å². The fraction of sp³-hybridized carbons (Fsp3) is 0.467. The van der Waals surface area contributed by atoms with Crippen molar-refractivity contribution < 1.29 is 9.59 Å². The molecule has 2 amide bonds. The van der Waals surface area contributed by atoms with Crippen molar-refractivity contribution in [3.63, 3.8) is 0 Å². The quantitative estimate of drug-likeness (QED) is 0.818. The number of nitrogens with one attached hydrogen (secondary N) is 1. The van der Waals surface area contributed by atoms with Crippen LogP contribution in [0, 0.1) is 0 Å². The summed E-state index contributed by atoms with van der Waals surface area (Å²) in [6, 6.07) is 6.83. The van der Waals surface area contributed by atoms with Crippen molar-refractivity contribution in [1.29, 1.82) is 0 Å². The number of amides is 2. The van der Waals surface area contributed by atoms with Gasteiger partial charge >= 0.3 is 0 Å². The maximum atomic E-state index is 12.4. The van der Waals surface area contributed by atoms with Crippen molar-refractivity contribution >= 4 is 40.9 Å². The van der Waals surface area contributed by atoms with Crippen LogP contribution < -0.4 is 10.2 Å². The Kier molecular flexibility index (Phi) is 5.94. The summed E-state index contributed by atoms with van der Waals surface area (Å²) in [5, 5.41) is 3.37. The van der Waals surface area contributed by atoms with Gasteiger partial charge in [0.05, 0.1) is 10.7 Å². The largest absolute Gasteiger partial charge is 0.344 e. The third kappa shape index (κ3) is 4.14. The van der Waals surface area contributed by atoms with Crippen LogP contribution in [-0.2, 0) is 9.59 Å². The monoisotopic (exact) mass is 326 g/mol. The summed E-state index contributed by atoms with van der Waals surface area (Å²) in [5.41, 5.74) is 0.711. The van der Waals surface area contributed by atoms with Gasteiger partial charge in [-0.1, -0.05) is 30.7 Å². The number of rotatable bonds is 6. The Morgan fingerprint density at radius 1 is 1.48 bits per heavy atom. The first kappa shape index (κ1) is 16.2. The Labute approximate surface area is 134 Å². The molecule has 1 saturated heterocycles. The van der Waals surface area contributed by atoms with Crippen molar-refractivity contribution in [2.45, 2.75) is 25.8 Å². The Balaban J connectivity index is 1.93. The highest BCUT2D eigenvalue weighted by atomic mass is 35.5. The molecule has 1 aliphatic rings. The van der Waals surface area contributed by atoms with E-state index in [2.05, 4.69) is 12.2 Å². The number of nitrogens with zero attached hydrogens (tertiary/aromatic N) is 1. The van der Waals surface area contributed by atoms with E-state index in [-0.39, 0.29) is 11.8 Å². The van der Waals surface area contributed by atoms with E-state index in [1.54, 1.807) is 22.7 Å². The average Bonchev–Trinajstić information content (AvgIpc) is 2.81. The summed E-state index contributed by atoms with van der Waals surface area (Å²) < 4.78 is 0. The first-order valence-corrected chi connectivity index (χ1v) is 8.59. The summed E-state index contributed by atoms with van der Waals surface area (Å²) in [6.07, 6.45) is 1.07. The third-order valence-corrected chi connectivity index (χ3v) is 4.58. The number of halogens is 1. The minimum Gasteiger partial charge on any atom is -0.344 e. The van der Waals surface area contributed by atoms with Crippen LogP contribution in [0.3, 0.4) is 0 Å². The number of carbonyl (C=O) groups excluding carboxylic acids is 2. The minimum absolute atomic E-state index is 0.0599. The van der Waals surface area contributed by atoms with Gasteiger partial charge in [0.25, 0.3) is 0 Å². The number of hydrogen-bond donors (Lipinski definition) is 1. The number of para-hydroxylation sites is 1. The molecule has 1 fully saturated rings. The van der Waals surface area contributed by atoms with E-state index >= 15 is 0 Å². The molecule has 6 heteroatoms. The zero-order chi connectivity index (χ0) is 15.2. The molecule has 0 unspecified atom stereocenters. The lowest BCUT2D eigenvalue weighted by Gasteiger charge is -2.18. The van der Waals surface area contributed by atoms with Crippen LogP contribution in [0.1, 0.15) is 19.8 Å². The fourth-order valence-electron chi connectivity index (χ4n) is 2.30. The molecule has 0 radical (unpaired) electrons. The summed E-state index contributed by atoms with van der Waals surface area (Å²) >= 11 is 7.84. The van der Waals surface area contributed by atoms with Gasteiger partial charge in [-0.3, -0.25) is 9.59 Å². The summed E-state index contributed by atoms with van der Waals surface area (Å²) in [5.74, 6) is 1.64. The highest BCUT2D eigenvalue weighted by Gasteiger charge is 2.34. The van der Waals surface area contributed by atoms with Gasteiger partial charge in [0, 0.05) is 18.7 Å². The van der Waals surface area contributed by atoms with Crippen LogP contribution in [0.5, 0.6) is 0 Å². The summed E-state index contributed by atoms with van der Waals surface area (Å²) in [7, 11) is 0. The van der Waals surface area contributed by atoms with E-state index in [1.165, 1.54) is 0 Å². The average molecular weight is 327 g/mol. The lowest BCUT2D eigenvalue weighted by Crippen LogP contribution is -2.41. The Bertz CT molecular complexity index is 524. The Morgan fingerprint density at radius 2 is 2.24 bits per heavy atom. The highest BCUT2D eigenvalue weighted by Crippen LogP contribution is 2.28. The van der Waals surface area contributed by atoms with Crippen LogP contribution >= 0.6 is 23.4 Å². The van der Waals surface area contributed by atoms with E-state index in [4.69, 9.17) is 11.6 Å². The lowest BCUT2D eigenvalue weighted by atomic mass is 10.2. The predicted molar refractivity (Wildman–Crippen MR) is 88.0 cm³/mol. The molecule has 1 aromatic rings. The minimum atomic E-state index is -0.430. The van der Waals surface area contributed by atoms with Gasteiger partial charge in [-0.2, -0.15) is 11.8 Å². The SMILES string of the molecule is CCSCCC(=O)N[C@@H]1CCN(c2ccccc2Cl)C1=O. The molecule has 1 heterocycles. The molecule has 21 heavy (non-hydrogen) atoms. The number of thioether (sulfide) groups is 1. The first-order chi connectivity index (χ1) is 10.1. The van der Waals surface area contributed by atoms with E-state index in [9.17, 15) is 9.59 Å². The summed E-state index contributed by atoms with van der Waals surface area (Å²) in [4.78, 5) is 25.8. The lowest BCUT2D eigenvalue weighted by molar-refractivity contribution is -0.126. The second-order valence-corrected chi connectivity index (χ2v) is 6.60. The maximum Gasteiger partial charge on any atom is 0.249 e. The van der Waals surface area contributed by atoms with Gasteiger partial charge in [0.2, 0.25) is 11.8 Å². The number of anilines is 1. The molecule has 1 N–H and O–H groups in total. The molecule has 2 rings (SSSR count). The molecule has 1 aliphatic heterocycles. The fourth-order valence-corrected chi connectivity index (χ4v) is 3.16. The Morgan fingerprint density at radius 3 is 2.95 bits per heavy atom. The highest BCUT2D eigenvalue weighted by molar-refractivity contribution is 7.99. The van der Waals surface area contributed by atoms with E-state index in [1.807, 2.05) is 18.2 Å². The van der Waals surface area contributed by atoms with Gasteiger partial charge in [0.1, 0.15) is 6.04 Å². The second kappa shape index (κ2) is 7.71. The van der Waals surface area contributed by atoms with Crippen LogP contribution in [0.2, 0.25) is 5.02 Å². The standard InChI is InChI=1S/C15H19ClN2O2S/c1-2-21-10-8-14(19)17-12-7-9-18(15(12)20)13-6-4-3-5-11(13)16/h3-6,12H,2,7-10H2,1H3,(H,17,19)/t12-/m1/s1. The second-order valence-electron chi connectivity index (χ2n) is 4.80. The van der Waals surface area contributed by atoms with Crippen molar-refractivity contribution in [2.24, 2.45) is 0 Å². The van der Waals surface area contributed by atoms with Crippen molar-refractivity contribution in [2.75, 3.05) is 23.0 Å². The number of benzene rings is 1. The van der Waals surface area contributed by atoms with Gasteiger partial charge in [-0.25, -0.2) is 0 Å². The van der Waals surface area contributed by atoms with E-state index in [0.29, 0.717) is 30.1 Å². The molecule has 0 bridgehead atoms. The normalized spacial score (nSPS) is 18.1. The number of hydrogen-bond acceptors (Lipinski definition) is 3. The molecule has 114 valence electrons. The molecular formula is C15H19ClN2O2S. The smallest absolute Gasteiger partial charge is 0.249 e. The zero-order valence-corrected chi connectivity index (χ0v) is 13.5. The molecule has 0 spiro atoms. The molecule has 0 saturated carbocycles. The van der Waals surface area contributed by atoms with Crippen LogP contribution in [0.15, 0.2) is 24.3 Å². The molecule has 1 aromatic carbocycles. The molecule has 0 aliphatic carbocycles. The van der Waals surface area contributed by atoms with Crippen LogP contribution in [-0.4, -0.2) is 35.9 Å². The van der Waals surface area contributed by atoms with Gasteiger partial charge in [-0.15, -0.1) is 0 Å². The Hall–Kier alpha value is -1.20. The van der Waals surface area contributed by atoms with Crippen molar-refractivity contribution in [1.82, 2.24) is 5.32 Å². The van der Waals surface area contributed by atoms with E-state index < -0.39 is 6.04 Å². The van der Waals surface area contributed by atoms with Crippen molar-refractivity contribution in [3.8, 4) is 0 Å². The number of carbonyl (C=O) groups is 2. The van der Waals surface area contributed by atoms with Gasteiger partial charge in [-0.05, 0) is 24.3 Å². The van der Waals surface area contributed by atoms with Gasteiger partial charge < -0.3 is 10.2 Å². The zero-order valence-electron chi connectivity index (χ0n) is 12.0. The van der Waals surface area contributed by atoms with Crippen molar-refractivity contribution in [3.05, 3.63) is 29.3 Å². The molecule has 0 aromatic heterocycles. The maximum absolute atomic E-state index is 12.4. The summed E-state index contributed by atoms with van der Waals surface area (Å²) in [6.45, 7) is 2.64. The third-order valence-electron chi connectivity index (χ3n) is 3.36. The molecule has 4 nitrogen and oxygen atoms in total. The topological polar surface area (TPSA) is 49.4 Å². The van der Waals surface area contributed by atoms with Crippen LogP contribution in [0.4, 0.5) is 5.69 Å². The van der Waals surface area contributed by atoms with Gasteiger partial charge in [0.15, 0.2) is 0 Å². The predicted octanol–water partition coefficient (Wildman–Crippen LogP) is 2.70. The molecule has 1 atom stereocenters. The molecular weight excluding hydrogens is 308 g/mol. The van der Waals surface area contributed by atoms with Crippen LogP contribution in [0.25, 0.3) is 0 Å². The first-order valence-electron chi connectivity index (χ1n) is 7.06.